The van der Waals surface area contributed by atoms with Crippen LogP contribution in [0.5, 0.6) is 0 Å². The molecule has 25 heavy (non-hydrogen) atoms. The molecule has 0 bridgehead atoms. The van der Waals surface area contributed by atoms with Gasteiger partial charge in [-0.05, 0) is 44.7 Å². The number of piperidine rings is 1. The summed E-state index contributed by atoms with van der Waals surface area (Å²) in [4.78, 5) is 19.1. The first kappa shape index (κ1) is 16.7. The second-order valence-corrected chi connectivity index (χ2v) is 8.07. The lowest BCUT2D eigenvalue weighted by Crippen LogP contribution is -2.44. The fourth-order valence-corrected chi connectivity index (χ4v) is 4.66. The minimum Gasteiger partial charge on any atom is -0.350 e. The average Bonchev–Trinajstić information content (AvgIpc) is 3.26. The van der Waals surface area contributed by atoms with E-state index in [-0.39, 0.29) is 11.3 Å². The van der Waals surface area contributed by atoms with Crippen molar-refractivity contribution < 1.29 is 4.79 Å². The first-order valence-corrected chi connectivity index (χ1v) is 9.88. The van der Waals surface area contributed by atoms with E-state index in [0.717, 1.165) is 57.7 Å². The normalized spacial score (nSPS) is 19.7. The van der Waals surface area contributed by atoms with Crippen LogP contribution in [0.2, 0.25) is 0 Å². The molecule has 7 nitrogen and oxygen atoms in total. The Balaban J connectivity index is 1.44. The van der Waals surface area contributed by atoms with Crippen molar-refractivity contribution >= 4 is 17.2 Å². The zero-order valence-electron chi connectivity index (χ0n) is 14.6. The number of thiazole rings is 1. The molecule has 0 atom stereocenters. The van der Waals surface area contributed by atoms with Gasteiger partial charge in [-0.2, -0.15) is 0 Å². The predicted octanol–water partition coefficient (Wildman–Crippen LogP) is 1.71. The van der Waals surface area contributed by atoms with Crippen molar-refractivity contribution in [3.63, 3.8) is 0 Å². The summed E-state index contributed by atoms with van der Waals surface area (Å²) in [5.41, 5.74) is 0.274. The number of hydrogen-bond acceptors (Lipinski definition) is 6. The van der Waals surface area contributed by atoms with Crippen molar-refractivity contribution in [1.29, 1.82) is 0 Å². The summed E-state index contributed by atoms with van der Waals surface area (Å²) in [5.74, 6) is 1.32. The van der Waals surface area contributed by atoms with Gasteiger partial charge < -0.3 is 9.88 Å². The minimum absolute atomic E-state index is 0.112. The third-order valence-electron chi connectivity index (χ3n) is 5.50. The number of aromatic nitrogens is 4. The number of hydrogen-bond donors (Lipinski definition) is 1. The molecule has 1 amide bonds. The molecule has 134 valence electrons. The van der Waals surface area contributed by atoms with Gasteiger partial charge in [0.2, 0.25) is 5.82 Å². The Labute approximate surface area is 151 Å². The van der Waals surface area contributed by atoms with Gasteiger partial charge in [0.25, 0.3) is 5.91 Å². The van der Waals surface area contributed by atoms with Crippen LogP contribution in [0.4, 0.5) is 0 Å². The molecular weight excluding hydrogens is 336 g/mol. The Morgan fingerprint density at radius 2 is 2.16 bits per heavy atom. The zero-order valence-corrected chi connectivity index (χ0v) is 15.4. The molecule has 0 aliphatic carbocycles. The Hall–Kier alpha value is -1.80. The highest BCUT2D eigenvalue weighted by atomic mass is 32.1. The van der Waals surface area contributed by atoms with Crippen molar-refractivity contribution in [2.75, 3.05) is 19.6 Å². The molecule has 1 spiro atoms. The van der Waals surface area contributed by atoms with Crippen LogP contribution < -0.4 is 5.32 Å². The summed E-state index contributed by atoms with van der Waals surface area (Å²) in [6, 6.07) is 0. The summed E-state index contributed by atoms with van der Waals surface area (Å²) < 4.78 is 2.06. The van der Waals surface area contributed by atoms with Crippen LogP contribution >= 0.6 is 11.3 Å². The van der Waals surface area contributed by atoms with Gasteiger partial charge in [-0.3, -0.25) is 9.69 Å². The number of carbonyl (C=O) groups excluding carboxylic acids is 1. The Kier molecular flexibility index (Phi) is 4.56. The average molecular weight is 360 g/mol. The summed E-state index contributed by atoms with van der Waals surface area (Å²) in [6.45, 7) is 6.53. The summed E-state index contributed by atoms with van der Waals surface area (Å²) >= 11 is 1.73. The number of amides is 1. The monoisotopic (exact) mass is 360 g/mol. The van der Waals surface area contributed by atoms with Crippen LogP contribution in [0.15, 0.2) is 11.6 Å². The largest absolute Gasteiger partial charge is 0.350 e. The number of aryl methyl sites for hydroxylation is 1. The fourth-order valence-electron chi connectivity index (χ4n) is 4.00. The van der Waals surface area contributed by atoms with E-state index < -0.39 is 0 Å². The molecule has 2 aliphatic heterocycles. The molecule has 4 heterocycles. The lowest BCUT2D eigenvalue weighted by Gasteiger charge is -2.44. The lowest BCUT2D eigenvalue weighted by molar-refractivity contribution is 0.0618. The topological polar surface area (TPSA) is 75.9 Å². The van der Waals surface area contributed by atoms with Gasteiger partial charge in [-0.25, -0.2) is 4.98 Å². The van der Waals surface area contributed by atoms with Gasteiger partial charge in [0.15, 0.2) is 0 Å². The molecule has 0 radical (unpaired) electrons. The maximum Gasteiger partial charge on any atom is 0.289 e. The Morgan fingerprint density at radius 1 is 1.32 bits per heavy atom. The summed E-state index contributed by atoms with van der Waals surface area (Å²) in [6.07, 6.45) is 6.25. The van der Waals surface area contributed by atoms with Crippen LogP contribution in [-0.2, 0) is 19.5 Å². The fraction of sp³-hybridized carbons (Fsp3) is 0.647. The quantitative estimate of drug-likeness (QED) is 0.898. The van der Waals surface area contributed by atoms with Gasteiger partial charge in [0.05, 0.1) is 6.54 Å². The molecule has 2 aliphatic rings. The van der Waals surface area contributed by atoms with Crippen molar-refractivity contribution in [1.82, 2.24) is 30.0 Å². The molecule has 1 N–H and O–H groups in total. The van der Waals surface area contributed by atoms with Crippen molar-refractivity contribution in [2.24, 2.45) is 5.41 Å². The Morgan fingerprint density at radius 3 is 2.88 bits per heavy atom. The molecule has 2 aromatic rings. The van der Waals surface area contributed by atoms with Gasteiger partial charge in [0, 0.05) is 31.1 Å². The van der Waals surface area contributed by atoms with Crippen LogP contribution in [0, 0.1) is 5.41 Å². The minimum atomic E-state index is -0.112. The number of fused-ring (bicyclic) bond motifs is 1. The van der Waals surface area contributed by atoms with E-state index in [9.17, 15) is 4.79 Å². The Bertz CT molecular complexity index is 732. The smallest absolute Gasteiger partial charge is 0.289 e. The van der Waals surface area contributed by atoms with Gasteiger partial charge in [-0.15, -0.1) is 21.5 Å². The highest BCUT2D eigenvalue weighted by Gasteiger charge is 2.39. The van der Waals surface area contributed by atoms with E-state index in [4.69, 9.17) is 0 Å². The molecule has 0 aromatic carbocycles. The molecular formula is C17H24N6OS. The van der Waals surface area contributed by atoms with Crippen LogP contribution in [0.3, 0.4) is 0 Å². The van der Waals surface area contributed by atoms with Crippen LogP contribution in [0.25, 0.3) is 0 Å². The number of nitrogens with one attached hydrogen (secondary N) is 1. The van der Waals surface area contributed by atoms with Gasteiger partial charge in [0.1, 0.15) is 10.8 Å². The first-order valence-electron chi connectivity index (χ1n) is 9.00. The van der Waals surface area contributed by atoms with E-state index in [1.807, 2.05) is 18.5 Å². The molecule has 1 saturated heterocycles. The third-order valence-corrected chi connectivity index (χ3v) is 6.26. The van der Waals surface area contributed by atoms with Crippen LogP contribution in [-0.4, -0.2) is 50.2 Å². The highest BCUT2D eigenvalue weighted by Crippen LogP contribution is 2.41. The third kappa shape index (κ3) is 3.32. The zero-order chi connectivity index (χ0) is 17.3. The van der Waals surface area contributed by atoms with E-state index in [0.29, 0.717) is 12.4 Å². The van der Waals surface area contributed by atoms with Crippen LogP contribution in [0.1, 0.15) is 47.6 Å². The molecule has 2 aromatic heterocycles. The second-order valence-electron chi connectivity index (χ2n) is 7.09. The molecule has 0 saturated carbocycles. The summed E-state index contributed by atoms with van der Waals surface area (Å²) in [5, 5.41) is 14.5. The van der Waals surface area contributed by atoms with Crippen molar-refractivity contribution in [3.05, 3.63) is 28.2 Å². The lowest BCUT2D eigenvalue weighted by atomic mass is 9.73. The van der Waals surface area contributed by atoms with E-state index in [2.05, 4.69) is 30.0 Å². The number of carbonyl (C=O) groups is 1. The van der Waals surface area contributed by atoms with E-state index >= 15 is 0 Å². The van der Waals surface area contributed by atoms with E-state index in [1.54, 1.807) is 11.3 Å². The van der Waals surface area contributed by atoms with Gasteiger partial charge >= 0.3 is 0 Å². The molecule has 8 heteroatoms. The first-order chi connectivity index (χ1) is 12.2. The number of nitrogens with zero attached hydrogens (tertiary/aromatic N) is 5. The summed E-state index contributed by atoms with van der Waals surface area (Å²) in [7, 11) is 0. The van der Waals surface area contributed by atoms with Gasteiger partial charge in [-0.1, -0.05) is 0 Å². The number of rotatable bonds is 4. The second kappa shape index (κ2) is 6.84. The van der Waals surface area contributed by atoms with E-state index in [1.165, 1.54) is 5.01 Å². The highest BCUT2D eigenvalue weighted by molar-refractivity contribution is 7.09. The maximum absolute atomic E-state index is 12.2. The molecule has 1 fully saturated rings. The van der Waals surface area contributed by atoms with Crippen molar-refractivity contribution in [2.45, 2.75) is 45.7 Å². The molecule has 0 unspecified atom stereocenters. The maximum atomic E-state index is 12.2. The molecule has 4 rings (SSSR count). The standard InChI is InChI=1S/C17H24N6OS/c1-2-18-16(24)15-21-20-13-3-4-17(12-23(13)15)5-8-22(9-6-17)11-14-19-7-10-25-14/h7,10H,2-6,8-9,11-12H2,1H3,(H,18,24). The van der Waals surface area contributed by atoms with Crippen molar-refractivity contribution in [3.8, 4) is 0 Å². The SMILES string of the molecule is CCNC(=O)c1nnc2n1CC1(CC2)CCN(Cc2nccs2)CC1. The predicted molar refractivity (Wildman–Crippen MR) is 95.4 cm³/mol. The number of likely N-dealkylation sites (tertiary alicyclic amines) is 1.